The number of rotatable bonds is 5. The van der Waals surface area contributed by atoms with Gasteiger partial charge in [0.2, 0.25) is 0 Å². The van der Waals surface area contributed by atoms with Crippen molar-refractivity contribution in [3.63, 3.8) is 0 Å². The molecule has 0 unspecified atom stereocenters. The summed E-state index contributed by atoms with van der Waals surface area (Å²) in [6.45, 7) is 1.22. The van der Waals surface area contributed by atoms with Gasteiger partial charge in [0, 0.05) is 19.2 Å². The lowest BCUT2D eigenvalue weighted by Gasteiger charge is -2.05. The lowest BCUT2D eigenvalue weighted by molar-refractivity contribution is 0.0697. The lowest BCUT2D eigenvalue weighted by Crippen LogP contribution is -2.05. The van der Waals surface area contributed by atoms with Crippen molar-refractivity contribution in [2.24, 2.45) is 0 Å². The normalized spacial score (nSPS) is 10.5. The van der Waals surface area contributed by atoms with E-state index in [0.29, 0.717) is 19.0 Å². The first-order chi connectivity index (χ1) is 8.72. The van der Waals surface area contributed by atoms with Crippen LogP contribution in [0.25, 0.3) is 11.4 Å². The Morgan fingerprint density at radius 3 is 2.72 bits per heavy atom. The van der Waals surface area contributed by atoms with Gasteiger partial charge in [-0.1, -0.05) is 12.1 Å². The fourth-order valence-electron chi connectivity index (χ4n) is 1.59. The van der Waals surface area contributed by atoms with E-state index in [2.05, 4.69) is 10.2 Å². The molecule has 0 amide bonds. The number of aromatic nitrogens is 3. The maximum Gasteiger partial charge on any atom is 0.335 e. The van der Waals surface area contributed by atoms with Crippen LogP contribution in [0.5, 0.6) is 0 Å². The zero-order valence-corrected chi connectivity index (χ0v) is 9.91. The van der Waals surface area contributed by atoms with Crippen LogP contribution in [0.3, 0.4) is 0 Å². The summed E-state index contributed by atoms with van der Waals surface area (Å²) >= 11 is 0. The fraction of sp³-hybridized carbons (Fsp3) is 0.250. The molecule has 0 radical (unpaired) electrons. The highest BCUT2D eigenvalue weighted by Gasteiger charge is 2.08. The summed E-state index contributed by atoms with van der Waals surface area (Å²) in [7, 11) is 1.63. The molecule has 6 heteroatoms. The van der Waals surface area contributed by atoms with Gasteiger partial charge in [-0.15, -0.1) is 10.2 Å². The van der Waals surface area contributed by atoms with Gasteiger partial charge in [-0.05, 0) is 12.1 Å². The maximum absolute atomic E-state index is 10.8. The summed E-state index contributed by atoms with van der Waals surface area (Å²) in [4.78, 5) is 10.8. The molecular formula is C12H13N3O3. The van der Waals surface area contributed by atoms with Crippen LogP contribution in [-0.2, 0) is 11.3 Å². The van der Waals surface area contributed by atoms with Crippen LogP contribution < -0.4 is 0 Å². The highest BCUT2D eigenvalue weighted by Crippen LogP contribution is 2.17. The first kappa shape index (κ1) is 12.3. The molecule has 0 aliphatic heterocycles. The number of hydrogen-bond acceptors (Lipinski definition) is 4. The number of hydrogen-bond donors (Lipinski definition) is 1. The molecule has 1 heterocycles. The van der Waals surface area contributed by atoms with Crippen LogP contribution in [-0.4, -0.2) is 39.6 Å². The van der Waals surface area contributed by atoms with Crippen molar-refractivity contribution in [2.45, 2.75) is 6.54 Å². The van der Waals surface area contributed by atoms with E-state index in [0.717, 1.165) is 5.56 Å². The second-order valence-corrected chi connectivity index (χ2v) is 3.72. The van der Waals surface area contributed by atoms with E-state index >= 15 is 0 Å². The molecule has 94 valence electrons. The summed E-state index contributed by atoms with van der Waals surface area (Å²) < 4.78 is 6.86. The second kappa shape index (κ2) is 5.42. The average molecular weight is 247 g/mol. The van der Waals surface area contributed by atoms with Crippen molar-refractivity contribution in [3.8, 4) is 11.4 Å². The van der Waals surface area contributed by atoms with Crippen molar-refractivity contribution in [3.05, 3.63) is 36.2 Å². The van der Waals surface area contributed by atoms with Crippen molar-refractivity contribution in [2.75, 3.05) is 13.7 Å². The van der Waals surface area contributed by atoms with E-state index in [-0.39, 0.29) is 5.56 Å². The quantitative estimate of drug-likeness (QED) is 0.861. The summed E-state index contributed by atoms with van der Waals surface area (Å²) in [6.07, 6.45) is 1.62. The molecule has 0 aliphatic rings. The second-order valence-electron chi connectivity index (χ2n) is 3.72. The third kappa shape index (κ3) is 2.54. The third-order valence-electron chi connectivity index (χ3n) is 2.54. The van der Waals surface area contributed by atoms with E-state index in [9.17, 15) is 4.79 Å². The number of nitrogens with zero attached hydrogens (tertiary/aromatic N) is 3. The van der Waals surface area contributed by atoms with Crippen LogP contribution in [0.1, 0.15) is 10.4 Å². The van der Waals surface area contributed by atoms with Crippen molar-refractivity contribution in [1.82, 2.24) is 14.8 Å². The van der Waals surface area contributed by atoms with Gasteiger partial charge in [0.15, 0.2) is 5.82 Å². The van der Waals surface area contributed by atoms with E-state index in [4.69, 9.17) is 9.84 Å². The Balaban J connectivity index is 2.25. The van der Waals surface area contributed by atoms with E-state index in [1.54, 1.807) is 37.7 Å². The number of benzene rings is 1. The molecule has 0 saturated heterocycles. The van der Waals surface area contributed by atoms with E-state index in [1.165, 1.54) is 0 Å². The molecule has 0 bridgehead atoms. The fourth-order valence-corrected chi connectivity index (χ4v) is 1.59. The van der Waals surface area contributed by atoms with Gasteiger partial charge < -0.3 is 14.4 Å². The molecule has 0 aliphatic carbocycles. The minimum atomic E-state index is -0.942. The molecular weight excluding hydrogens is 234 g/mol. The summed E-state index contributed by atoms with van der Waals surface area (Å²) in [5.41, 5.74) is 1.08. The predicted octanol–water partition coefficient (Wildman–Crippen LogP) is 1.29. The highest BCUT2D eigenvalue weighted by molar-refractivity contribution is 5.88. The minimum absolute atomic E-state index is 0.252. The van der Waals surface area contributed by atoms with Gasteiger partial charge in [0.25, 0.3) is 0 Å². The molecule has 0 spiro atoms. The van der Waals surface area contributed by atoms with Crippen LogP contribution in [0.2, 0.25) is 0 Å². The topological polar surface area (TPSA) is 77.2 Å². The first-order valence-electron chi connectivity index (χ1n) is 5.43. The highest BCUT2D eigenvalue weighted by atomic mass is 16.5. The van der Waals surface area contributed by atoms with Crippen molar-refractivity contribution >= 4 is 5.97 Å². The van der Waals surface area contributed by atoms with Gasteiger partial charge in [-0.3, -0.25) is 0 Å². The molecule has 1 aromatic carbocycles. The number of methoxy groups -OCH3 is 1. The molecule has 2 aromatic rings. The zero-order chi connectivity index (χ0) is 13.0. The Kier molecular flexibility index (Phi) is 3.69. The molecule has 1 aromatic heterocycles. The van der Waals surface area contributed by atoms with Gasteiger partial charge >= 0.3 is 5.97 Å². The Bertz CT molecular complexity index is 534. The van der Waals surface area contributed by atoms with Gasteiger partial charge in [-0.2, -0.15) is 0 Å². The molecule has 1 N–H and O–H groups in total. The number of carboxylic acids is 1. The van der Waals surface area contributed by atoms with Crippen LogP contribution >= 0.6 is 0 Å². The lowest BCUT2D eigenvalue weighted by atomic mass is 10.1. The largest absolute Gasteiger partial charge is 0.478 e. The van der Waals surface area contributed by atoms with Gasteiger partial charge in [-0.25, -0.2) is 4.79 Å². The number of aromatic carboxylic acids is 1. The Hall–Kier alpha value is -2.21. The third-order valence-corrected chi connectivity index (χ3v) is 2.54. The maximum atomic E-state index is 10.8. The summed E-state index contributed by atoms with van der Waals surface area (Å²) in [6, 6.07) is 6.54. The average Bonchev–Trinajstić information content (AvgIpc) is 2.84. The summed E-state index contributed by atoms with van der Waals surface area (Å²) in [5.74, 6) is -0.244. The number of carboxylic acid groups (broad SMARTS) is 1. The number of carbonyl (C=O) groups is 1. The standard InChI is InChI=1S/C12H13N3O3/c1-18-7-6-15-8-13-14-11(15)9-2-4-10(5-3-9)12(16)17/h2-5,8H,6-7H2,1H3,(H,16,17). The van der Waals surface area contributed by atoms with Crippen LogP contribution in [0, 0.1) is 0 Å². The monoisotopic (exact) mass is 247 g/mol. The Labute approximate surface area is 104 Å². The van der Waals surface area contributed by atoms with Crippen molar-refractivity contribution in [1.29, 1.82) is 0 Å². The van der Waals surface area contributed by atoms with E-state index in [1.807, 2.05) is 4.57 Å². The van der Waals surface area contributed by atoms with Crippen molar-refractivity contribution < 1.29 is 14.6 Å². The smallest absolute Gasteiger partial charge is 0.335 e. The molecule has 18 heavy (non-hydrogen) atoms. The predicted molar refractivity (Wildman–Crippen MR) is 64.3 cm³/mol. The first-order valence-corrected chi connectivity index (χ1v) is 5.43. The number of ether oxygens (including phenoxy) is 1. The Morgan fingerprint density at radius 2 is 2.11 bits per heavy atom. The van der Waals surface area contributed by atoms with Crippen LogP contribution in [0.4, 0.5) is 0 Å². The minimum Gasteiger partial charge on any atom is -0.478 e. The van der Waals surface area contributed by atoms with Gasteiger partial charge in [0.05, 0.1) is 12.2 Å². The molecule has 6 nitrogen and oxygen atoms in total. The summed E-state index contributed by atoms with van der Waals surface area (Å²) in [5, 5.41) is 16.7. The van der Waals surface area contributed by atoms with Gasteiger partial charge in [0.1, 0.15) is 6.33 Å². The zero-order valence-electron chi connectivity index (χ0n) is 9.91. The molecule has 0 saturated carbocycles. The molecule has 2 rings (SSSR count). The molecule has 0 fully saturated rings. The SMILES string of the molecule is COCCn1cnnc1-c1ccc(C(=O)O)cc1. The van der Waals surface area contributed by atoms with E-state index < -0.39 is 5.97 Å². The van der Waals surface area contributed by atoms with Crippen LogP contribution in [0.15, 0.2) is 30.6 Å². The molecule has 0 atom stereocenters. The Morgan fingerprint density at radius 1 is 1.39 bits per heavy atom.